The number of amides is 1. The molecule has 1 fully saturated rings. The van der Waals surface area contributed by atoms with Gasteiger partial charge in [0.2, 0.25) is 0 Å². The third-order valence-corrected chi connectivity index (χ3v) is 4.14. The highest BCUT2D eigenvalue weighted by Gasteiger charge is 2.25. The molecule has 0 saturated heterocycles. The molecule has 5 nitrogen and oxygen atoms in total. The molecule has 1 aliphatic rings. The Labute approximate surface area is 132 Å². The average Bonchev–Trinajstić information content (AvgIpc) is 3.31. The lowest BCUT2D eigenvalue weighted by atomic mass is 10.1. The summed E-state index contributed by atoms with van der Waals surface area (Å²) >= 11 is 0. The van der Waals surface area contributed by atoms with E-state index in [1.807, 2.05) is 20.8 Å². The van der Waals surface area contributed by atoms with Crippen LogP contribution in [0.1, 0.15) is 36.6 Å². The van der Waals surface area contributed by atoms with E-state index >= 15 is 0 Å². The van der Waals surface area contributed by atoms with Crippen molar-refractivity contribution in [3.8, 4) is 5.75 Å². The van der Waals surface area contributed by atoms with E-state index in [0.29, 0.717) is 19.1 Å². The van der Waals surface area contributed by atoms with E-state index in [2.05, 4.69) is 4.98 Å². The second kappa shape index (κ2) is 7.09. The van der Waals surface area contributed by atoms with Crippen LogP contribution in [0.15, 0.2) is 6.20 Å². The van der Waals surface area contributed by atoms with Crippen LogP contribution in [0, 0.1) is 19.8 Å². The maximum absolute atomic E-state index is 12.4. The highest BCUT2D eigenvalue weighted by atomic mass is 16.5. The van der Waals surface area contributed by atoms with Gasteiger partial charge in [0.1, 0.15) is 11.9 Å². The molecular formula is C17H26N2O3. The molecule has 1 aliphatic carbocycles. The highest BCUT2D eigenvalue weighted by Crippen LogP contribution is 2.29. The predicted molar refractivity (Wildman–Crippen MR) is 84.9 cm³/mol. The van der Waals surface area contributed by atoms with Crippen molar-refractivity contribution in [2.75, 3.05) is 20.8 Å². The molecule has 0 bridgehead atoms. The zero-order valence-corrected chi connectivity index (χ0v) is 14.2. The number of hydrogen-bond acceptors (Lipinski definition) is 4. The lowest BCUT2D eigenvalue weighted by molar-refractivity contribution is -0.142. The Hall–Kier alpha value is -1.62. The molecule has 0 aliphatic heterocycles. The molecule has 0 radical (unpaired) electrons. The number of ether oxygens (including phenoxy) is 2. The summed E-state index contributed by atoms with van der Waals surface area (Å²) < 4.78 is 11.1. The van der Waals surface area contributed by atoms with Crippen LogP contribution in [-0.2, 0) is 16.1 Å². The lowest BCUT2D eigenvalue weighted by Gasteiger charge is -2.22. The molecule has 22 heavy (non-hydrogen) atoms. The summed E-state index contributed by atoms with van der Waals surface area (Å²) in [6.07, 6.45) is 3.83. The van der Waals surface area contributed by atoms with Gasteiger partial charge >= 0.3 is 0 Å². The fourth-order valence-corrected chi connectivity index (χ4v) is 2.48. The largest absolute Gasteiger partial charge is 0.496 e. The van der Waals surface area contributed by atoms with Crippen LogP contribution >= 0.6 is 0 Å². The third-order valence-electron chi connectivity index (χ3n) is 4.14. The highest BCUT2D eigenvalue weighted by molar-refractivity contribution is 5.80. The van der Waals surface area contributed by atoms with Crippen molar-refractivity contribution in [2.45, 2.75) is 46.3 Å². The first-order chi connectivity index (χ1) is 10.4. The van der Waals surface area contributed by atoms with Crippen molar-refractivity contribution in [1.29, 1.82) is 0 Å². The Balaban J connectivity index is 1.98. The summed E-state index contributed by atoms with van der Waals surface area (Å²) in [5, 5.41) is 0. The molecule has 2 rings (SSSR count). The van der Waals surface area contributed by atoms with Crippen LogP contribution in [0.3, 0.4) is 0 Å². The second-order valence-corrected chi connectivity index (χ2v) is 6.16. The van der Waals surface area contributed by atoms with Gasteiger partial charge in [-0.05, 0) is 39.5 Å². The summed E-state index contributed by atoms with van der Waals surface area (Å²) in [4.78, 5) is 18.5. The molecule has 1 aromatic heterocycles. The zero-order chi connectivity index (χ0) is 16.3. The first-order valence-electron chi connectivity index (χ1n) is 7.79. The van der Waals surface area contributed by atoms with Crippen LogP contribution in [-0.4, -0.2) is 42.7 Å². The Morgan fingerprint density at radius 2 is 2.14 bits per heavy atom. The Bertz CT molecular complexity index is 541. The van der Waals surface area contributed by atoms with Gasteiger partial charge in [0.05, 0.1) is 26.0 Å². The number of carbonyl (C=O) groups excluding carboxylic acids is 1. The molecule has 5 heteroatoms. The predicted octanol–water partition coefficient (Wildman–Crippen LogP) is 2.48. The van der Waals surface area contributed by atoms with Crippen molar-refractivity contribution in [1.82, 2.24) is 9.88 Å². The average molecular weight is 306 g/mol. The fraction of sp³-hybridized carbons (Fsp3) is 0.647. The third kappa shape index (κ3) is 3.97. The molecule has 0 spiro atoms. The van der Waals surface area contributed by atoms with Crippen LogP contribution in [0.4, 0.5) is 0 Å². The number of methoxy groups -OCH3 is 1. The molecule has 0 N–H and O–H groups in total. The minimum Gasteiger partial charge on any atom is -0.496 e. The van der Waals surface area contributed by atoms with Crippen molar-refractivity contribution in [3.05, 3.63) is 23.0 Å². The summed E-state index contributed by atoms with van der Waals surface area (Å²) in [5.74, 6) is 1.48. The van der Waals surface area contributed by atoms with E-state index in [9.17, 15) is 4.79 Å². The van der Waals surface area contributed by atoms with E-state index in [1.165, 1.54) is 12.8 Å². The molecule has 1 heterocycles. The van der Waals surface area contributed by atoms with Gasteiger partial charge in [-0.15, -0.1) is 0 Å². The van der Waals surface area contributed by atoms with Crippen LogP contribution in [0.2, 0.25) is 0 Å². The quantitative estimate of drug-likeness (QED) is 0.776. The molecular weight excluding hydrogens is 280 g/mol. The van der Waals surface area contributed by atoms with E-state index < -0.39 is 6.10 Å². The smallest absolute Gasteiger partial charge is 0.251 e. The van der Waals surface area contributed by atoms with Crippen LogP contribution in [0.25, 0.3) is 0 Å². The summed E-state index contributed by atoms with van der Waals surface area (Å²) in [5.41, 5.74) is 2.83. The molecule has 122 valence electrons. The summed E-state index contributed by atoms with van der Waals surface area (Å²) in [6.45, 7) is 6.90. The zero-order valence-electron chi connectivity index (χ0n) is 14.2. The minimum absolute atomic E-state index is 0.0126. The first kappa shape index (κ1) is 16.7. The van der Waals surface area contributed by atoms with E-state index in [-0.39, 0.29) is 5.91 Å². The number of carbonyl (C=O) groups is 1. The molecule has 0 aromatic carbocycles. The topological polar surface area (TPSA) is 51.7 Å². The maximum Gasteiger partial charge on any atom is 0.251 e. The summed E-state index contributed by atoms with van der Waals surface area (Å²) in [7, 11) is 3.44. The normalized spacial score (nSPS) is 15.5. The number of aromatic nitrogens is 1. The lowest BCUT2D eigenvalue weighted by Crippen LogP contribution is -2.36. The van der Waals surface area contributed by atoms with Crippen LogP contribution < -0.4 is 4.74 Å². The fourth-order valence-electron chi connectivity index (χ4n) is 2.48. The summed E-state index contributed by atoms with van der Waals surface area (Å²) in [6, 6.07) is 0. The van der Waals surface area contributed by atoms with E-state index in [0.717, 1.165) is 22.6 Å². The van der Waals surface area contributed by atoms with Crippen LogP contribution in [0.5, 0.6) is 5.75 Å². The molecule has 0 unspecified atom stereocenters. The van der Waals surface area contributed by atoms with Gasteiger partial charge in [-0.2, -0.15) is 0 Å². The number of likely N-dealkylation sites (N-methyl/N-ethyl adjacent to an activating group) is 1. The van der Waals surface area contributed by atoms with Crippen molar-refractivity contribution >= 4 is 5.91 Å². The molecule has 1 aromatic rings. The van der Waals surface area contributed by atoms with Gasteiger partial charge in [0.25, 0.3) is 5.91 Å². The van der Waals surface area contributed by atoms with Gasteiger partial charge in [-0.1, -0.05) is 0 Å². The molecule has 1 atom stereocenters. The SMILES string of the molecule is COc1c(C)cnc(CN(C)C(=O)[C@H](C)OCC2CC2)c1C. The van der Waals surface area contributed by atoms with Gasteiger partial charge in [-0.3, -0.25) is 9.78 Å². The van der Waals surface area contributed by atoms with Gasteiger partial charge in [0, 0.05) is 24.4 Å². The van der Waals surface area contributed by atoms with Gasteiger partial charge in [-0.25, -0.2) is 0 Å². The number of rotatable bonds is 7. The Kier molecular flexibility index (Phi) is 5.40. The minimum atomic E-state index is -0.404. The number of hydrogen-bond donors (Lipinski definition) is 0. The standard InChI is InChI=1S/C17H26N2O3/c1-11-8-18-15(12(2)16(11)21-5)9-19(4)17(20)13(3)22-10-14-6-7-14/h8,13-14H,6-7,9-10H2,1-5H3/t13-/m0/s1. The van der Waals surface area contributed by atoms with E-state index in [4.69, 9.17) is 9.47 Å². The van der Waals surface area contributed by atoms with E-state index in [1.54, 1.807) is 25.3 Å². The van der Waals surface area contributed by atoms with Gasteiger partial charge < -0.3 is 14.4 Å². The second-order valence-electron chi connectivity index (χ2n) is 6.16. The first-order valence-corrected chi connectivity index (χ1v) is 7.79. The Morgan fingerprint density at radius 1 is 1.45 bits per heavy atom. The number of pyridine rings is 1. The number of aryl methyl sites for hydroxylation is 1. The molecule has 1 saturated carbocycles. The van der Waals surface area contributed by atoms with Crippen molar-refractivity contribution in [2.24, 2.45) is 5.92 Å². The molecule has 1 amide bonds. The number of nitrogens with zero attached hydrogens (tertiary/aromatic N) is 2. The monoisotopic (exact) mass is 306 g/mol. The van der Waals surface area contributed by atoms with Crippen molar-refractivity contribution in [3.63, 3.8) is 0 Å². The maximum atomic E-state index is 12.4. The van der Waals surface area contributed by atoms with Gasteiger partial charge in [0.15, 0.2) is 0 Å². The van der Waals surface area contributed by atoms with Crippen molar-refractivity contribution < 1.29 is 14.3 Å². The Morgan fingerprint density at radius 3 is 2.73 bits per heavy atom.